The summed E-state index contributed by atoms with van der Waals surface area (Å²) in [5, 5.41) is 12.7. The number of piperidine rings is 1. The number of nitrogens with zero attached hydrogens (tertiary/aromatic N) is 2. The van der Waals surface area contributed by atoms with Gasteiger partial charge in [0.15, 0.2) is 5.69 Å². The van der Waals surface area contributed by atoms with Crippen molar-refractivity contribution >= 4 is 17.2 Å². The summed E-state index contributed by atoms with van der Waals surface area (Å²) in [4.78, 5) is 15.6. The third-order valence-electron chi connectivity index (χ3n) is 3.81. The molecule has 2 aromatic rings. The average Bonchev–Trinajstić information content (AvgIpc) is 2.81. The minimum atomic E-state index is -1.04. The Hall–Kier alpha value is -2.08. The van der Waals surface area contributed by atoms with E-state index in [9.17, 15) is 9.90 Å². The number of aromatic nitrogens is 2. The van der Waals surface area contributed by atoms with E-state index in [2.05, 4.69) is 10.3 Å². The minimum absolute atomic E-state index is 0.0360. The topological polar surface area (TPSA) is 92.7 Å². The van der Waals surface area contributed by atoms with Gasteiger partial charge in [-0.1, -0.05) is 6.42 Å². The summed E-state index contributed by atoms with van der Waals surface area (Å²) in [7, 11) is 0. The van der Waals surface area contributed by atoms with Crippen molar-refractivity contribution in [3.63, 3.8) is 0 Å². The van der Waals surface area contributed by atoms with Crippen LogP contribution in [0.1, 0.15) is 35.6 Å². The number of carboxylic acid groups (broad SMARTS) is 1. The van der Waals surface area contributed by atoms with Crippen LogP contribution in [0.15, 0.2) is 18.3 Å². The zero-order valence-corrected chi connectivity index (χ0v) is 11.2. The number of carbonyl (C=O) groups is 1. The molecule has 0 bridgehead atoms. The molecule has 6 heteroatoms. The maximum atomic E-state index is 11.3. The second kappa shape index (κ2) is 5.13. The number of carboxylic acids is 1. The van der Waals surface area contributed by atoms with Crippen molar-refractivity contribution in [3.05, 3.63) is 29.8 Å². The van der Waals surface area contributed by atoms with Crippen molar-refractivity contribution in [2.24, 2.45) is 0 Å². The van der Waals surface area contributed by atoms with Gasteiger partial charge in [-0.15, -0.1) is 0 Å². The number of hydrogen-bond acceptors (Lipinski definition) is 4. The Balaban J connectivity index is 2.02. The van der Waals surface area contributed by atoms with Gasteiger partial charge in [-0.25, -0.2) is 9.78 Å². The van der Waals surface area contributed by atoms with E-state index in [0.717, 1.165) is 25.2 Å². The smallest absolute Gasteiger partial charge is 0.356 e. The Morgan fingerprint density at radius 1 is 1.55 bits per heavy atom. The van der Waals surface area contributed by atoms with Gasteiger partial charge in [0.2, 0.25) is 0 Å². The zero-order valence-electron chi connectivity index (χ0n) is 11.2. The molecule has 0 radical (unpaired) electrons. The summed E-state index contributed by atoms with van der Waals surface area (Å²) in [5.74, 6) is -0.285. The highest BCUT2D eigenvalue weighted by molar-refractivity contribution is 5.97. The van der Waals surface area contributed by atoms with Crippen LogP contribution >= 0.6 is 0 Å². The predicted octanol–water partition coefficient (Wildman–Crippen LogP) is 1.30. The Labute approximate surface area is 116 Å². The summed E-state index contributed by atoms with van der Waals surface area (Å²) >= 11 is 0. The summed E-state index contributed by atoms with van der Waals surface area (Å²) in [6, 6.07) is 3.87. The Kier molecular flexibility index (Phi) is 3.31. The van der Waals surface area contributed by atoms with Crippen LogP contribution in [0, 0.1) is 0 Å². The molecule has 0 aliphatic carbocycles. The molecular weight excluding hydrogens is 256 g/mol. The Bertz CT molecular complexity index is 644. The number of pyridine rings is 1. The van der Waals surface area contributed by atoms with E-state index in [1.807, 2.05) is 12.3 Å². The van der Waals surface area contributed by atoms with Crippen LogP contribution in [0.2, 0.25) is 0 Å². The lowest BCUT2D eigenvalue weighted by molar-refractivity contribution is 0.0693. The lowest BCUT2D eigenvalue weighted by Gasteiger charge is -2.22. The molecule has 3 rings (SSSR count). The number of rotatable bonds is 3. The van der Waals surface area contributed by atoms with E-state index in [1.165, 1.54) is 12.8 Å². The highest BCUT2D eigenvalue weighted by Gasteiger charge is 2.21. The number of nitrogen functional groups attached to an aromatic ring is 1. The van der Waals surface area contributed by atoms with Crippen LogP contribution in [0.5, 0.6) is 0 Å². The van der Waals surface area contributed by atoms with E-state index in [4.69, 9.17) is 5.73 Å². The molecule has 2 aromatic heterocycles. The van der Waals surface area contributed by atoms with Crippen molar-refractivity contribution in [1.29, 1.82) is 0 Å². The lowest BCUT2D eigenvalue weighted by Crippen LogP contribution is -2.36. The van der Waals surface area contributed by atoms with Crippen molar-refractivity contribution in [1.82, 2.24) is 14.7 Å². The van der Waals surface area contributed by atoms with Crippen LogP contribution in [0.3, 0.4) is 0 Å². The van der Waals surface area contributed by atoms with Crippen molar-refractivity contribution in [2.45, 2.75) is 31.7 Å². The molecule has 0 spiro atoms. The molecule has 1 aliphatic rings. The van der Waals surface area contributed by atoms with E-state index in [0.29, 0.717) is 17.2 Å². The molecule has 1 unspecified atom stereocenters. The van der Waals surface area contributed by atoms with Gasteiger partial charge in [-0.2, -0.15) is 0 Å². The normalized spacial score (nSPS) is 19.3. The summed E-state index contributed by atoms with van der Waals surface area (Å²) in [6.07, 6.45) is 6.04. The number of imidazole rings is 1. The first-order valence-corrected chi connectivity index (χ1v) is 6.89. The number of nitrogens with one attached hydrogen (secondary N) is 1. The largest absolute Gasteiger partial charge is 0.476 e. The van der Waals surface area contributed by atoms with Gasteiger partial charge in [0.1, 0.15) is 11.3 Å². The van der Waals surface area contributed by atoms with Gasteiger partial charge < -0.3 is 20.6 Å². The maximum absolute atomic E-state index is 11.3. The molecule has 1 atom stereocenters. The molecule has 6 nitrogen and oxygen atoms in total. The highest BCUT2D eigenvalue weighted by atomic mass is 16.4. The third kappa shape index (κ3) is 2.22. The van der Waals surface area contributed by atoms with E-state index in [1.54, 1.807) is 10.5 Å². The van der Waals surface area contributed by atoms with Gasteiger partial charge in [-0.3, -0.25) is 0 Å². The number of aromatic carboxylic acids is 1. The van der Waals surface area contributed by atoms with Crippen LogP contribution in [-0.2, 0) is 6.42 Å². The molecule has 4 N–H and O–H groups in total. The fourth-order valence-electron chi connectivity index (χ4n) is 2.84. The SMILES string of the molecule is Nc1cccn2c(CC3CCCCN3)nc(C(=O)O)c12. The Morgan fingerprint density at radius 3 is 3.10 bits per heavy atom. The first kappa shape index (κ1) is 12.9. The van der Waals surface area contributed by atoms with E-state index >= 15 is 0 Å². The summed E-state index contributed by atoms with van der Waals surface area (Å²) < 4.78 is 1.80. The average molecular weight is 274 g/mol. The van der Waals surface area contributed by atoms with Crippen LogP contribution in [0.25, 0.3) is 5.52 Å². The first-order valence-electron chi connectivity index (χ1n) is 6.89. The molecule has 0 saturated carbocycles. The number of fused-ring (bicyclic) bond motifs is 1. The van der Waals surface area contributed by atoms with E-state index in [-0.39, 0.29) is 5.69 Å². The quantitative estimate of drug-likeness (QED) is 0.784. The molecule has 0 aromatic carbocycles. The van der Waals surface area contributed by atoms with Gasteiger partial charge in [0.25, 0.3) is 0 Å². The van der Waals surface area contributed by atoms with E-state index < -0.39 is 5.97 Å². The second-order valence-corrected chi connectivity index (χ2v) is 5.21. The van der Waals surface area contributed by atoms with Crippen molar-refractivity contribution in [2.75, 3.05) is 12.3 Å². The summed E-state index contributed by atoms with van der Waals surface area (Å²) in [6.45, 7) is 1.02. The monoisotopic (exact) mass is 274 g/mol. The summed E-state index contributed by atoms with van der Waals surface area (Å²) in [5.41, 5.74) is 6.87. The van der Waals surface area contributed by atoms with Crippen LogP contribution < -0.4 is 11.1 Å². The maximum Gasteiger partial charge on any atom is 0.356 e. The fourth-order valence-corrected chi connectivity index (χ4v) is 2.84. The molecular formula is C14H18N4O2. The van der Waals surface area contributed by atoms with Gasteiger partial charge in [0.05, 0.1) is 5.69 Å². The highest BCUT2D eigenvalue weighted by Crippen LogP contribution is 2.22. The Morgan fingerprint density at radius 2 is 2.40 bits per heavy atom. The second-order valence-electron chi connectivity index (χ2n) is 5.21. The minimum Gasteiger partial charge on any atom is -0.476 e. The van der Waals surface area contributed by atoms with Crippen LogP contribution in [-0.4, -0.2) is 33.0 Å². The number of nitrogens with two attached hydrogens (primary N) is 1. The first-order chi connectivity index (χ1) is 9.66. The van der Waals surface area contributed by atoms with Gasteiger partial charge in [0, 0.05) is 18.7 Å². The number of anilines is 1. The molecule has 20 heavy (non-hydrogen) atoms. The zero-order chi connectivity index (χ0) is 14.1. The lowest BCUT2D eigenvalue weighted by atomic mass is 10.0. The number of hydrogen-bond donors (Lipinski definition) is 3. The predicted molar refractivity (Wildman–Crippen MR) is 75.9 cm³/mol. The third-order valence-corrected chi connectivity index (χ3v) is 3.81. The van der Waals surface area contributed by atoms with Crippen molar-refractivity contribution in [3.8, 4) is 0 Å². The molecule has 106 valence electrons. The molecule has 0 amide bonds. The van der Waals surface area contributed by atoms with Gasteiger partial charge >= 0.3 is 5.97 Å². The van der Waals surface area contributed by atoms with Crippen molar-refractivity contribution < 1.29 is 9.90 Å². The van der Waals surface area contributed by atoms with Gasteiger partial charge in [-0.05, 0) is 31.5 Å². The molecule has 1 fully saturated rings. The molecule has 1 aliphatic heterocycles. The standard InChI is InChI=1S/C14H18N4O2/c15-10-5-3-7-18-11(8-9-4-1-2-6-16-9)17-12(13(10)18)14(19)20/h3,5,7,9,16H,1-2,4,6,8,15H2,(H,19,20). The molecule has 1 saturated heterocycles. The fraction of sp³-hybridized carbons (Fsp3) is 0.429. The van der Waals surface area contributed by atoms with Crippen LogP contribution in [0.4, 0.5) is 5.69 Å². The molecule has 3 heterocycles.